The molecule has 0 fully saturated rings. The number of nitrogens with zero attached hydrogens (tertiary/aromatic N) is 5. The predicted molar refractivity (Wildman–Crippen MR) is 97.7 cm³/mol. The van der Waals surface area contributed by atoms with E-state index in [1.165, 1.54) is 5.56 Å². The third-order valence-electron chi connectivity index (χ3n) is 4.65. The molecule has 1 unspecified atom stereocenters. The highest BCUT2D eigenvalue weighted by molar-refractivity contribution is 7.15. The van der Waals surface area contributed by atoms with Crippen LogP contribution in [0.3, 0.4) is 0 Å². The van der Waals surface area contributed by atoms with Crippen molar-refractivity contribution >= 4 is 17.3 Å². The van der Waals surface area contributed by atoms with Gasteiger partial charge in [-0.2, -0.15) is 0 Å². The van der Waals surface area contributed by atoms with E-state index in [-0.39, 0.29) is 0 Å². The second-order valence-electron chi connectivity index (χ2n) is 6.53. The molecule has 26 heavy (non-hydrogen) atoms. The maximum Gasteiger partial charge on any atom is 0.322 e. The summed E-state index contributed by atoms with van der Waals surface area (Å²) in [5.74, 6) is 0.737. The first-order chi connectivity index (χ1) is 12.5. The number of carbonyl (C=O) groups is 1. The lowest BCUT2D eigenvalue weighted by Crippen LogP contribution is -2.47. The molecular formula is C18H19N5O2S. The number of thiazole rings is 1. The molecule has 1 aliphatic rings. The zero-order chi connectivity index (χ0) is 18.3. The highest BCUT2D eigenvalue weighted by Gasteiger charge is 2.33. The number of benzene rings is 1. The second kappa shape index (κ2) is 6.62. The van der Waals surface area contributed by atoms with Gasteiger partial charge in [-0.3, -0.25) is 9.69 Å². The lowest BCUT2D eigenvalue weighted by molar-refractivity contribution is -0.145. The van der Waals surface area contributed by atoms with Crippen molar-refractivity contribution < 1.29 is 9.90 Å². The standard InChI is InChI=1S/C18H19N5O2S/c1-11-3-5-13(6-4-11)17-19-7-14(26-17)8-22-10-16-21-20-12(2)23(16)9-15(22)18(24)25/h3-7,15H,8-10H2,1-2H3,(H,24,25). The molecule has 0 aliphatic carbocycles. The average Bonchev–Trinajstić information content (AvgIpc) is 3.22. The van der Waals surface area contributed by atoms with Crippen LogP contribution in [0.1, 0.15) is 22.1 Å². The zero-order valence-corrected chi connectivity index (χ0v) is 15.4. The van der Waals surface area contributed by atoms with Crippen molar-refractivity contribution in [2.24, 2.45) is 0 Å². The molecule has 1 aliphatic heterocycles. The van der Waals surface area contributed by atoms with E-state index in [4.69, 9.17) is 0 Å². The molecule has 3 heterocycles. The van der Waals surface area contributed by atoms with Gasteiger partial charge in [0.1, 0.15) is 22.7 Å². The van der Waals surface area contributed by atoms with Crippen molar-refractivity contribution in [3.05, 3.63) is 52.6 Å². The van der Waals surface area contributed by atoms with Gasteiger partial charge in [-0.15, -0.1) is 21.5 Å². The molecule has 7 nitrogen and oxygen atoms in total. The minimum atomic E-state index is -0.827. The average molecular weight is 369 g/mol. The summed E-state index contributed by atoms with van der Waals surface area (Å²) in [4.78, 5) is 19.2. The molecule has 0 spiro atoms. The van der Waals surface area contributed by atoms with Crippen LogP contribution in [0.25, 0.3) is 10.6 Å². The number of rotatable bonds is 4. The smallest absolute Gasteiger partial charge is 0.322 e. The molecule has 1 atom stereocenters. The molecule has 1 aromatic carbocycles. The quantitative estimate of drug-likeness (QED) is 0.761. The Balaban J connectivity index is 1.56. The summed E-state index contributed by atoms with van der Waals surface area (Å²) in [5.41, 5.74) is 2.29. The molecule has 8 heteroatoms. The first-order valence-corrected chi connectivity index (χ1v) is 9.20. The lowest BCUT2D eigenvalue weighted by Gasteiger charge is -2.32. The van der Waals surface area contributed by atoms with E-state index in [1.807, 2.05) is 22.6 Å². The number of hydrogen-bond acceptors (Lipinski definition) is 6. The summed E-state index contributed by atoms with van der Waals surface area (Å²) in [7, 11) is 0. The van der Waals surface area contributed by atoms with E-state index in [9.17, 15) is 9.90 Å². The topological polar surface area (TPSA) is 84.1 Å². The Morgan fingerprint density at radius 1 is 1.27 bits per heavy atom. The molecule has 0 bridgehead atoms. The van der Waals surface area contributed by atoms with Crippen molar-refractivity contribution in [3.63, 3.8) is 0 Å². The maximum atomic E-state index is 11.7. The molecule has 0 saturated heterocycles. The van der Waals surface area contributed by atoms with Gasteiger partial charge in [0.05, 0.1) is 13.1 Å². The zero-order valence-electron chi connectivity index (χ0n) is 14.6. The molecule has 0 amide bonds. The van der Waals surface area contributed by atoms with Gasteiger partial charge in [0, 0.05) is 23.2 Å². The predicted octanol–water partition coefficient (Wildman–Crippen LogP) is 2.49. The van der Waals surface area contributed by atoms with Gasteiger partial charge in [-0.25, -0.2) is 4.98 Å². The second-order valence-corrected chi connectivity index (χ2v) is 7.65. The third-order valence-corrected chi connectivity index (χ3v) is 5.68. The summed E-state index contributed by atoms with van der Waals surface area (Å²) >= 11 is 1.60. The van der Waals surface area contributed by atoms with Gasteiger partial charge >= 0.3 is 5.97 Å². The number of aryl methyl sites for hydroxylation is 2. The molecule has 0 radical (unpaired) electrons. The van der Waals surface area contributed by atoms with Crippen LogP contribution in [0, 0.1) is 13.8 Å². The lowest BCUT2D eigenvalue weighted by atomic mass is 10.2. The number of carboxylic acid groups (broad SMARTS) is 1. The fourth-order valence-corrected chi connectivity index (χ4v) is 4.11. The Morgan fingerprint density at radius 2 is 2.04 bits per heavy atom. The highest BCUT2D eigenvalue weighted by atomic mass is 32.1. The number of carboxylic acids is 1. The van der Waals surface area contributed by atoms with Gasteiger partial charge in [0.2, 0.25) is 0 Å². The number of aromatic nitrogens is 4. The third kappa shape index (κ3) is 3.13. The van der Waals surface area contributed by atoms with E-state index in [0.29, 0.717) is 19.6 Å². The fourth-order valence-electron chi connectivity index (χ4n) is 3.17. The molecule has 1 N–H and O–H groups in total. The largest absolute Gasteiger partial charge is 0.480 e. The summed E-state index contributed by atoms with van der Waals surface area (Å²) in [6.07, 6.45) is 1.84. The van der Waals surface area contributed by atoms with Gasteiger partial charge in [0.15, 0.2) is 0 Å². The van der Waals surface area contributed by atoms with Gasteiger partial charge in [-0.1, -0.05) is 29.8 Å². The van der Waals surface area contributed by atoms with Crippen LogP contribution in [-0.4, -0.2) is 41.8 Å². The van der Waals surface area contributed by atoms with E-state index in [1.54, 1.807) is 11.3 Å². The minimum Gasteiger partial charge on any atom is -0.480 e. The molecule has 4 rings (SSSR count). The van der Waals surface area contributed by atoms with Crippen molar-refractivity contribution in [1.29, 1.82) is 0 Å². The van der Waals surface area contributed by atoms with Crippen molar-refractivity contribution in [1.82, 2.24) is 24.6 Å². The summed E-state index contributed by atoms with van der Waals surface area (Å²) in [6, 6.07) is 7.66. The molecule has 0 saturated carbocycles. The highest BCUT2D eigenvalue weighted by Crippen LogP contribution is 2.28. The molecule has 3 aromatic rings. The Hall–Kier alpha value is -2.58. The van der Waals surface area contributed by atoms with Crippen LogP contribution in [0.2, 0.25) is 0 Å². The van der Waals surface area contributed by atoms with Crippen molar-refractivity contribution in [3.8, 4) is 10.6 Å². The van der Waals surface area contributed by atoms with E-state index >= 15 is 0 Å². The van der Waals surface area contributed by atoms with Crippen LogP contribution in [0.4, 0.5) is 0 Å². The van der Waals surface area contributed by atoms with E-state index in [0.717, 1.165) is 27.1 Å². The van der Waals surface area contributed by atoms with E-state index in [2.05, 4.69) is 46.4 Å². The SMILES string of the molecule is Cc1ccc(-c2ncc(CN3Cc4nnc(C)n4CC3C(=O)O)s2)cc1. The Morgan fingerprint density at radius 3 is 2.77 bits per heavy atom. The Labute approximate surface area is 154 Å². The Kier molecular flexibility index (Phi) is 4.29. The Bertz CT molecular complexity index is 947. The van der Waals surface area contributed by atoms with Crippen LogP contribution in [-0.2, 0) is 24.4 Å². The normalized spacial score (nSPS) is 17.2. The minimum absolute atomic E-state index is 0.368. The van der Waals surface area contributed by atoms with E-state index < -0.39 is 12.0 Å². The summed E-state index contributed by atoms with van der Waals surface area (Å²) in [5, 5.41) is 18.8. The van der Waals surface area contributed by atoms with Gasteiger partial charge < -0.3 is 9.67 Å². The summed E-state index contributed by atoms with van der Waals surface area (Å²) < 4.78 is 1.89. The molecule has 2 aromatic heterocycles. The maximum absolute atomic E-state index is 11.7. The number of hydrogen-bond donors (Lipinski definition) is 1. The van der Waals surface area contributed by atoms with Gasteiger partial charge in [0.25, 0.3) is 0 Å². The summed E-state index contributed by atoms with van der Waals surface area (Å²) in [6.45, 7) is 5.27. The van der Waals surface area contributed by atoms with Crippen LogP contribution in [0.5, 0.6) is 0 Å². The van der Waals surface area contributed by atoms with Crippen LogP contribution < -0.4 is 0 Å². The molecular weight excluding hydrogens is 350 g/mol. The van der Waals surface area contributed by atoms with Crippen molar-refractivity contribution in [2.75, 3.05) is 0 Å². The monoisotopic (exact) mass is 369 g/mol. The number of aliphatic carboxylic acids is 1. The molecule has 134 valence electrons. The fraction of sp³-hybridized carbons (Fsp3) is 0.333. The van der Waals surface area contributed by atoms with Gasteiger partial charge in [-0.05, 0) is 13.8 Å². The van der Waals surface area contributed by atoms with Crippen LogP contribution in [0.15, 0.2) is 30.5 Å². The number of fused-ring (bicyclic) bond motifs is 1. The van der Waals surface area contributed by atoms with Crippen molar-refractivity contribution in [2.45, 2.75) is 39.5 Å². The first-order valence-electron chi connectivity index (χ1n) is 8.38. The first kappa shape index (κ1) is 16.9. The van der Waals surface area contributed by atoms with Crippen LogP contribution >= 0.6 is 11.3 Å².